The topological polar surface area (TPSA) is 62.7 Å². The van der Waals surface area contributed by atoms with Gasteiger partial charge < -0.3 is 14.7 Å². The molecule has 0 aromatic carbocycles. The molecule has 1 aromatic rings. The Morgan fingerprint density at radius 1 is 1.41 bits per heavy atom. The van der Waals surface area contributed by atoms with E-state index in [9.17, 15) is 4.79 Å². The van der Waals surface area contributed by atoms with Gasteiger partial charge in [-0.05, 0) is 26.0 Å². The molecule has 2 heterocycles. The van der Waals surface area contributed by atoms with E-state index in [-0.39, 0.29) is 17.9 Å². The van der Waals surface area contributed by atoms with Gasteiger partial charge in [-0.2, -0.15) is 0 Å². The lowest BCUT2D eigenvalue weighted by Crippen LogP contribution is -2.45. The number of hydrogen-bond acceptors (Lipinski definition) is 4. The molecule has 0 saturated carbocycles. The van der Waals surface area contributed by atoms with E-state index in [2.05, 4.69) is 9.88 Å². The molecule has 1 aliphatic rings. The number of aromatic nitrogens is 1. The number of anilines is 1. The molecule has 0 bridgehead atoms. The van der Waals surface area contributed by atoms with Crippen molar-refractivity contribution >= 4 is 11.7 Å². The molecule has 17 heavy (non-hydrogen) atoms. The zero-order valence-corrected chi connectivity index (χ0v) is 9.96. The maximum atomic E-state index is 10.7. The quantitative estimate of drug-likeness (QED) is 0.840. The summed E-state index contributed by atoms with van der Waals surface area (Å²) < 4.78 is 5.64. The lowest BCUT2D eigenvalue weighted by atomic mass is 10.2. The Morgan fingerprint density at radius 3 is 2.53 bits per heavy atom. The molecule has 0 amide bonds. The molecular formula is C12H16N2O3. The lowest BCUT2D eigenvalue weighted by molar-refractivity contribution is -0.00524. The standard InChI is InChI=1S/C12H16N2O3/c1-8-6-14(7-9(2)17-8)10-3-4-11(12(15)16)13-5-10/h3-5,8-9H,6-7H2,1-2H3,(H,15,16)/t8-,9-/m0/s1. The maximum Gasteiger partial charge on any atom is 0.354 e. The van der Waals surface area contributed by atoms with Crippen molar-refractivity contribution in [2.75, 3.05) is 18.0 Å². The summed E-state index contributed by atoms with van der Waals surface area (Å²) in [5, 5.41) is 8.77. The molecule has 2 rings (SSSR count). The van der Waals surface area contributed by atoms with Crippen LogP contribution in [0.3, 0.4) is 0 Å². The van der Waals surface area contributed by atoms with Crippen LogP contribution in [0.4, 0.5) is 5.69 Å². The van der Waals surface area contributed by atoms with Gasteiger partial charge in [0, 0.05) is 13.1 Å². The fourth-order valence-electron chi connectivity index (χ4n) is 2.09. The van der Waals surface area contributed by atoms with E-state index in [0.717, 1.165) is 18.8 Å². The van der Waals surface area contributed by atoms with Crippen LogP contribution in [0, 0.1) is 0 Å². The van der Waals surface area contributed by atoms with Crippen molar-refractivity contribution < 1.29 is 14.6 Å². The molecule has 1 aromatic heterocycles. The van der Waals surface area contributed by atoms with Crippen LogP contribution in [0.5, 0.6) is 0 Å². The normalized spacial score (nSPS) is 24.7. The first-order valence-corrected chi connectivity index (χ1v) is 5.66. The molecular weight excluding hydrogens is 220 g/mol. The number of hydrogen-bond donors (Lipinski definition) is 1. The minimum absolute atomic E-state index is 0.0723. The van der Waals surface area contributed by atoms with Crippen LogP contribution in [-0.4, -0.2) is 41.4 Å². The summed E-state index contributed by atoms with van der Waals surface area (Å²) in [7, 11) is 0. The van der Waals surface area contributed by atoms with Crippen LogP contribution in [0.1, 0.15) is 24.3 Å². The van der Waals surface area contributed by atoms with Crippen LogP contribution in [0.25, 0.3) is 0 Å². The average Bonchev–Trinajstić information content (AvgIpc) is 2.28. The summed E-state index contributed by atoms with van der Waals surface area (Å²) >= 11 is 0. The van der Waals surface area contributed by atoms with Crippen molar-refractivity contribution in [3.8, 4) is 0 Å². The molecule has 0 radical (unpaired) electrons. The molecule has 1 fully saturated rings. The summed E-state index contributed by atoms with van der Waals surface area (Å²) in [6.07, 6.45) is 1.96. The molecule has 5 heteroatoms. The molecule has 92 valence electrons. The third-order valence-corrected chi connectivity index (χ3v) is 2.75. The van der Waals surface area contributed by atoms with Gasteiger partial charge in [-0.1, -0.05) is 0 Å². The average molecular weight is 236 g/mol. The van der Waals surface area contributed by atoms with Gasteiger partial charge in [0.15, 0.2) is 0 Å². The van der Waals surface area contributed by atoms with E-state index >= 15 is 0 Å². The van der Waals surface area contributed by atoms with Crippen LogP contribution in [0.15, 0.2) is 18.3 Å². The SMILES string of the molecule is C[C@H]1CN(c2ccc(C(=O)O)nc2)C[C@H](C)O1. The number of carboxylic acid groups (broad SMARTS) is 1. The van der Waals surface area contributed by atoms with Crippen molar-refractivity contribution in [2.45, 2.75) is 26.1 Å². The largest absolute Gasteiger partial charge is 0.477 e. The Balaban J connectivity index is 2.14. The highest BCUT2D eigenvalue weighted by Gasteiger charge is 2.22. The van der Waals surface area contributed by atoms with Crippen molar-refractivity contribution in [3.05, 3.63) is 24.0 Å². The van der Waals surface area contributed by atoms with E-state index < -0.39 is 5.97 Å². The predicted molar refractivity (Wildman–Crippen MR) is 63.4 cm³/mol. The van der Waals surface area contributed by atoms with Crippen LogP contribution in [-0.2, 0) is 4.74 Å². The zero-order chi connectivity index (χ0) is 12.4. The third-order valence-electron chi connectivity index (χ3n) is 2.75. The van der Waals surface area contributed by atoms with Gasteiger partial charge in [0.25, 0.3) is 0 Å². The second-order valence-electron chi connectivity index (χ2n) is 4.37. The Kier molecular flexibility index (Phi) is 3.28. The number of nitrogens with zero attached hydrogens (tertiary/aromatic N) is 2. The maximum absolute atomic E-state index is 10.7. The van der Waals surface area contributed by atoms with Crippen molar-refractivity contribution in [1.82, 2.24) is 4.98 Å². The number of carboxylic acids is 1. The number of ether oxygens (including phenoxy) is 1. The van der Waals surface area contributed by atoms with Crippen molar-refractivity contribution in [2.24, 2.45) is 0 Å². The predicted octanol–water partition coefficient (Wildman–Crippen LogP) is 1.39. The second-order valence-corrected chi connectivity index (χ2v) is 4.37. The van der Waals surface area contributed by atoms with E-state index in [1.165, 1.54) is 6.07 Å². The first kappa shape index (κ1) is 11.9. The summed E-state index contributed by atoms with van der Waals surface area (Å²) in [5.74, 6) is -1.000. The summed E-state index contributed by atoms with van der Waals surface area (Å²) in [5.41, 5.74) is 1.01. The van der Waals surface area contributed by atoms with Gasteiger partial charge in [-0.15, -0.1) is 0 Å². The third kappa shape index (κ3) is 2.74. The van der Waals surface area contributed by atoms with Crippen molar-refractivity contribution in [3.63, 3.8) is 0 Å². The Morgan fingerprint density at radius 2 is 2.06 bits per heavy atom. The first-order chi connectivity index (χ1) is 8.06. The van der Waals surface area contributed by atoms with Crippen LogP contribution >= 0.6 is 0 Å². The summed E-state index contributed by atoms with van der Waals surface area (Å²) in [6.45, 7) is 5.67. The molecule has 1 aliphatic heterocycles. The Hall–Kier alpha value is -1.62. The van der Waals surface area contributed by atoms with Gasteiger partial charge >= 0.3 is 5.97 Å². The first-order valence-electron chi connectivity index (χ1n) is 5.66. The molecule has 1 saturated heterocycles. The van der Waals surface area contributed by atoms with Gasteiger partial charge in [0.2, 0.25) is 0 Å². The molecule has 0 unspecified atom stereocenters. The van der Waals surface area contributed by atoms with Gasteiger partial charge in [-0.25, -0.2) is 9.78 Å². The van der Waals surface area contributed by atoms with Gasteiger partial charge in [0.05, 0.1) is 24.1 Å². The minimum atomic E-state index is -1.000. The van der Waals surface area contributed by atoms with Crippen molar-refractivity contribution in [1.29, 1.82) is 0 Å². The highest BCUT2D eigenvalue weighted by molar-refractivity contribution is 5.85. The fraction of sp³-hybridized carbons (Fsp3) is 0.500. The second kappa shape index (κ2) is 4.71. The number of pyridine rings is 1. The monoisotopic (exact) mass is 236 g/mol. The Bertz CT molecular complexity index is 395. The highest BCUT2D eigenvalue weighted by atomic mass is 16.5. The molecule has 0 spiro atoms. The molecule has 5 nitrogen and oxygen atoms in total. The highest BCUT2D eigenvalue weighted by Crippen LogP contribution is 2.19. The van der Waals surface area contributed by atoms with E-state index in [1.54, 1.807) is 12.3 Å². The smallest absolute Gasteiger partial charge is 0.354 e. The number of morpholine rings is 1. The molecule has 2 atom stereocenters. The zero-order valence-electron chi connectivity index (χ0n) is 9.96. The van der Waals surface area contributed by atoms with Crippen LogP contribution < -0.4 is 4.90 Å². The summed E-state index contributed by atoms with van der Waals surface area (Å²) in [4.78, 5) is 16.8. The number of aromatic carboxylic acids is 1. The number of rotatable bonds is 2. The molecule has 1 N–H and O–H groups in total. The fourth-order valence-corrected chi connectivity index (χ4v) is 2.09. The Labute approximate surface area is 100 Å². The molecule has 0 aliphatic carbocycles. The lowest BCUT2D eigenvalue weighted by Gasteiger charge is -2.36. The van der Waals surface area contributed by atoms with Gasteiger partial charge in [0.1, 0.15) is 5.69 Å². The van der Waals surface area contributed by atoms with E-state index in [4.69, 9.17) is 9.84 Å². The summed E-state index contributed by atoms with van der Waals surface area (Å²) in [6, 6.07) is 3.32. The van der Waals surface area contributed by atoms with E-state index in [0.29, 0.717) is 0 Å². The minimum Gasteiger partial charge on any atom is -0.477 e. The van der Waals surface area contributed by atoms with Crippen LogP contribution in [0.2, 0.25) is 0 Å². The number of carbonyl (C=O) groups is 1. The van der Waals surface area contributed by atoms with Gasteiger partial charge in [-0.3, -0.25) is 0 Å². The van der Waals surface area contributed by atoms with E-state index in [1.807, 2.05) is 13.8 Å².